The first-order valence-electron chi connectivity index (χ1n) is 4.86. The molecule has 100 valence electrons. The number of rotatable bonds is 2. The lowest BCUT2D eigenvalue weighted by atomic mass is 10.3. The van der Waals surface area contributed by atoms with Crippen molar-refractivity contribution in [3.63, 3.8) is 0 Å². The Balaban J connectivity index is 3.13. The molecular weight excluding hydrogens is 263 g/mol. The van der Waals surface area contributed by atoms with Crippen LogP contribution < -0.4 is 9.84 Å². The van der Waals surface area contributed by atoms with E-state index in [1.54, 1.807) is 0 Å². The first-order valence-corrected chi connectivity index (χ1v) is 4.86. The van der Waals surface area contributed by atoms with Crippen LogP contribution in [0.25, 0.3) is 0 Å². The van der Waals surface area contributed by atoms with Crippen molar-refractivity contribution in [3.8, 4) is 17.6 Å². The minimum Gasteiger partial charge on any atom is -0.537 e. The van der Waals surface area contributed by atoms with Gasteiger partial charge in [0, 0.05) is 0 Å². The molecule has 1 aromatic rings. The number of alkyl halides is 3. The maximum atomic E-state index is 12.5. The lowest BCUT2D eigenvalue weighted by Crippen LogP contribution is -2.23. The Hall–Kier alpha value is -2.49. The van der Waals surface area contributed by atoms with E-state index in [0.717, 1.165) is 0 Å². The lowest BCUT2D eigenvalue weighted by Gasteiger charge is -2.05. The van der Waals surface area contributed by atoms with Gasteiger partial charge in [-0.15, -0.1) is 0 Å². The van der Waals surface area contributed by atoms with Crippen molar-refractivity contribution in [1.29, 1.82) is 0 Å². The van der Waals surface area contributed by atoms with Crippen molar-refractivity contribution in [2.75, 3.05) is 7.11 Å². The van der Waals surface area contributed by atoms with Crippen LogP contribution in [0.4, 0.5) is 18.9 Å². The van der Waals surface area contributed by atoms with E-state index in [-0.39, 0.29) is 5.69 Å². The molecule has 0 N–H and O–H groups in total. The molecule has 4 nitrogen and oxygen atoms in total. The molecule has 1 aromatic carbocycles. The van der Waals surface area contributed by atoms with Gasteiger partial charge in [0.05, 0.1) is 12.8 Å². The Kier molecular flexibility index (Phi) is 4.53. The van der Waals surface area contributed by atoms with Gasteiger partial charge in [0.15, 0.2) is 5.71 Å². The molecule has 0 fully saturated rings. The molecule has 0 bridgehead atoms. The molecular formula is C12H7F3NO3-. The van der Waals surface area contributed by atoms with E-state index in [1.165, 1.54) is 43.2 Å². The number of aliphatic imine (C=N–C) groups is 1. The van der Waals surface area contributed by atoms with Crippen LogP contribution in [0.15, 0.2) is 29.3 Å². The average molecular weight is 270 g/mol. The number of carboxylic acid groups (broad SMARTS) is 1. The van der Waals surface area contributed by atoms with E-state index >= 15 is 0 Å². The molecule has 7 heteroatoms. The van der Waals surface area contributed by atoms with Crippen molar-refractivity contribution >= 4 is 17.4 Å². The first kappa shape index (κ1) is 14.6. The third kappa shape index (κ3) is 4.71. The Morgan fingerprint density at radius 3 is 2.26 bits per heavy atom. The van der Waals surface area contributed by atoms with E-state index in [0.29, 0.717) is 5.75 Å². The fourth-order valence-electron chi connectivity index (χ4n) is 1.06. The number of benzene rings is 1. The van der Waals surface area contributed by atoms with Crippen LogP contribution in [0, 0.1) is 11.8 Å². The van der Waals surface area contributed by atoms with Gasteiger partial charge in [-0.3, -0.25) is 0 Å². The zero-order valence-electron chi connectivity index (χ0n) is 9.62. The van der Waals surface area contributed by atoms with Gasteiger partial charge in [-0.1, -0.05) is 0 Å². The number of carboxylic acids is 1. The van der Waals surface area contributed by atoms with Gasteiger partial charge in [0.1, 0.15) is 11.7 Å². The summed E-state index contributed by atoms with van der Waals surface area (Å²) in [7, 11) is 1.41. The highest BCUT2D eigenvalue weighted by atomic mass is 19.4. The number of ether oxygens (including phenoxy) is 1. The van der Waals surface area contributed by atoms with E-state index in [2.05, 4.69) is 4.99 Å². The normalized spacial score (nSPS) is 11.5. The van der Waals surface area contributed by atoms with Crippen LogP contribution in [-0.2, 0) is 4.79 Å². The van der Waals surface area contributed by atoms with E-state index in [9.17, 15) is 23.1 Å². The second-order valence-electron chi connectivity index (χ2n) is 3.19. The molecule has 0 aliphatic carbocycles. The predicted molar refractivity (Wildman–Crippen MR) is 58.9 cm³/mol. The fourth-order valence-corrected chi connectivity index (χ4v) is 1.06. The molecule has 0 saturated carbocycles. The van der Waals surface area contributed by atoms with Crippen LogP contribution in [-0.4, -0.2) is 25.0 Å². The van der Waals surface area contributed by atoms with Crippen molar-refractivity contribution in [2.24, 2.45) is 4.99 Å². The summed E-state index contributed by atoms with van der Waals surface area (Å²) in [6, 6.07) is 5.40. The summed E-state index contributed by atoms with van der Waals surface area (Å²) in [5.74, 6) is 1.23. The number of carbonyl (C=O) groups excluding carboxylic acids is 1. The fraction of sp³-hybridized carbons (Fsp3) is 0.167. The van der Waals surface area contributed by atoms with Gasteiger partial charge in [0.2, 0.25) is 0 Å². The summed E-state index contributed by atoms with van der Waals surface area (Å²) in [5.41, 5.74) is -1.54. The third-order valence-electron chi connectivity index (χ3n) is 1.86. The summed E-state index contributed by atoms with van der Waals surface area (Å²) < 4.78 is 42.4. The second kappa shape index (κ2) is 5.91. The number of nitrogens with zero attached hydrogens (tertiary/aromatic N) is 1. The number of halogens is 3. The SMILES string of the molecule is COc1ccc(N=C(C#CC(=O)[O-])C(F)(F)F)cc1. The van der Waals surface area contributed by atoms with Gasteiger partial charge in [-0.05, 0) is 36.1 Å². The van der Waals surface area contributed by atoms with E-state index in [1.807, 2.05) is 0 Å². The van der Waals surface area contributed by atoms with Gasteiger partial charge < -0.3 is 14.6 Å². The second-order valence-corrected chi connectivity index (χ2v) is 3.19. The van der Waals surface area contributed by atoms with Gasteiger partial charge in [0.25, 0.3) is 0 Å². The predicted octanol–water partition coefficient (Wildman–Crippen LogP) is 1.08. The largest absolute Gasteiger partial charge is 0.537 e. The van der Waals surface area contributed by atoms with Crippen molar-refractivity contribution in [2.45, 2.75) is 6.18 Å². The molecule has 0 aromatic heterocycles. The highest BCUT2D eigenvalue weighted by Gasteiger charge is 2.34. The average Bonchev–Trinajstić information content (AvgIpc) is 2.33. The summed E-state index contributed by atoms with van der Waals surface area (Å²) in [5, 5.41) is 10.0. The molecule has 0 radical (unpaired) electrons. The summed E-state index contributed by atoms with van der Waals surface area (Å²) >= 11 is 0. The topological polar surface area (TPSA) is 61.7 Å². The minimum atomic E-state index is -4.84. The maximum Gasteiger partial charge on any atom is 0.441 e. The third-order valence-corrected chi connectivity index (χ3v) is 1.86. The molecule has 0 unspecified atom stereocenters. The van der Waals surface area contributed by atoms with Crippen molar-refractivity contribution in [1.82, 2.24) is 0 Å². The van der Waals surface area contributed by atoms with Crippen LogP contribution in [0.3, 0.4) is 0 Å². The zero-order chi connectivity index (χ0) is 14.5. The van der Waals surface area contributed by atoms with Crippen LogP contribution in [0.1, 0.15) is 0 Å². The summed E-state index contributed by atoms with van der Waals surface area (Å²) in [4.78, 5) is 13.3. The Bertz CT molecular complexity index is 550. The molecule has 19 heavy (non-hydrogen) atoms. The Morgan fingerprint density at radius 2 is 1.84 bits per heavy atom. The zero-order valence-corrected chi connectivity index (χ0v) is 9.62. The maximum absolute atomic E-state index is 12.5. The van der Waals surface area contributed by atoms with Gasteiger partial charge in [-0.25, -0.2) is 4.99 Å². The number of methoxy groups -OCH3 is 1. The minimum absolute atomic E-state index is 0.0271. The van der Waals surface area contributed by atoms with E-state index < -0.39 is 17.9 Å². The molecule has 0 saturated heterocycles. The number of carbonyl (C=O) groups is 1. The van der Waals surface area contributed by atoms with Crippen LogP contribution in [0.5, 0.6) is 5.75 Å². The number of aliphatic carboxylic acids is 1. The van der Waals surface area contributed by atoms with Gasteiger partial charge >= 0.3 is 6.18 Å². The molecule has 0 heterocycles. The molecule has 0 spiro atoms. The van der Waals surface area contributed by atoms with Crippen LogP contribution >= 0.6 is 0 Å². The monoisotopic (exact) mass is 270 g/mol. The highest BCUT2D eigenvalue weighted by Crippen LogP contribution is 2.23. The lowest BCUT2D eigenvalue weighted by molar-refractivity contribution is -0.295. The smallest absolute Gasteiger partial charge is 0.441 e. The summed E-state index contributed by atoms with van der Waals surface area (Å²) in [6.07, 6.45) is -4.84. The van der Waals surface area contributed by atoms with Crippen molar-refractivity contribution in [3.05, 3.63) is 24.3 Å². The standard InChI is InChI=1S/C12H8F3NO3/c1-19-9-4-2-8(3-5-9)16-10(12(13,14)15)6-7-11(17)18/h2-5H,1H3,(H,17,18)/p-1. The molecule has 0 amide bonds. The molecule has 0 aliphatic heterocycles. The molecule has 0 atom stereocenters. The highest BCUT2D eigenvalue weighted by molar-refractivity contribution is 6.08. The quantitative estimate of drug-likeness (QED) is 0.597. The Labute approximate surface area is 106 Å². The Morgan fingerprint density at radius 1 is 1.26 bits per heavy atom. The van der Waals surface area contributed by atoms with E-state index in [4.69, 9.17) is 4.74 Å². The van der Waals surface area contributed by atoms with Crippen molar-refractivity contribution < 1.29 is 27.8 Å². The number of hydrogen-bond donors (Lipinski definition) is 0. The van der Waals surface area contributed by atoms with Crippen LogP contribution in [0.2, 0.25) is 0 Å². The number of hydrogen-bond acceptors (Lipinski definition) is 4. The molecule has 1 rings (SSSR count). The first-order chi connectivity index (χ1) is 8.82. The molecule has 0 aliphatic rings. The van der Waals surface area contributed by atoms with Gasteiger partial charge in [-0.2, -0.15) is 13.2 Å². The summed E-state index contributed by atoms with van der Waals surface area (Å²) in [6.45, 7) is 0.